The van der Waals surface area contributed by atoms with Crippen molar-refractivity contribution in [2.75, 3.05) is 10.8 Å². The van der Waals surface area contributed by atoms with Gasteiger partial charge in [-0.1, -0.05) is 65.7 Å². The first kappa shape index (κ1) is 29.5. The number of carbonyl (C=O) groups excluding carboxylic acids is 2. The molecule has 0 bridgehead atoms. The summed E-state index contributed by atoms with van der Waals surface area (Å²) in [5.74, 6) is -0.972. The number of para-hydroxylation sites is 1. The highest BCUT2D eigenvalue weighted by atomic mass is 35.5. The lowest BCUT2D eigenvalue weighted by Gasteiger charge is -2.33. The summed E-state index contributed by atoms with van der Waals surface area (Å²) in [5.41, 5.74) is 1.49. The lowest BCUT2D eigenvalue weighted by molar-refractivity contribution is -0.139. The normalized spacial score (nSPS) is 12.2. The Balaban J connectivity index is 2.07. The summed E-state index contributed by atoms with van der Waals surface area (Å²) in [6, 6.07) is 18.7. The van der Waals surface area contributed by atoms with E-state index in [-0.39, 0.29) is 23.4 Å². The van der Waals surface area contributed by atoms with Gasteiger partial charge in [-0.05, 0) is 63.6 Å². The molecular formula is C28H31Cl2N3O4S. The van der Waals surface area contributed by atoms with Crippen molar-refractivity contribution in [2.24, 2.45) is 0 Å². The van der Waals surface area contributed by atoms with Gasteiger partial charge in [0, 0.05) is 28.2 Å². The van der Waals surface area contributed by atoms with Crippen LogP contribution in [0.2, 0.25) is 10.0 Å². The van der Waals surface area contributed by atoms with Gasteiger partial charge in [0.15, 0.2) is 0 Å². The third-order valence-corrected chi connectivity index (χ3v) is 8.46. The Bertz CT molecular complexity index is 1380. The summed E-state index contributed by atoms with van der Waals surface area (Å²) < 4.78 is 28.7. The largest absolute Gasteiger partial charge is 0.352 e. The van der Waals surface area contributed by atoms with Crippen molar-refractivity contribution in [1.29, 1.82) is 0 Å². The predicted octanol–water partition coefficient (Wildman–Crippen LogP) is 5.44. The number of aryl methyl sites for hydroxylation is 1. The Labute approximate surface area is 234 Å². The van der Waals surface area contributed by atoms with E-state index in [4.69, 9.17) is 23.2 Å². The fourth-order valence-electron chi connectivity index (χ4n) is 3.92. The molecule has 1 N–H and O–H groups in total. The third kappa shape index (κ3) is 6.87. The van der Waals surface area contributed by atoms with Crippen LogP contribution in [0.15, 0.2) is 77.7 Å². The van der Waals surface area contributed by atoms with Gasteiger partial charge in [-0.2, -0.15) is 0 Å². The smallest absolute Gasteiger partial charge is 0.264 e. The van der Waals surface area contributed by atoms with E-state index in [2.05, 4.69) is 5.32 Å². The number of hydrogen-bond acceptors (Lipinski definition) is 4. The first-order chi connectivity index (χ1) is 17.9. The van der Waals surface area contributed by atoms with Crippen molar-refractivity contribution in [1.82, 2.24) is 10.2 Å². The molecule has 38 heavy (non-hydrogen) atoms. The molecule has 0 aliphatic rings. The predicted molar refractivity (Wildman–Crippen MR) is 152 cm³/mol. The number of benzene rings is 3. The molecule has 0 unspecified atom stereocenters. The van der Waals surface area contributed by atoms with Crippen molar-refractivity contribution >= 4 is 50.7 Å². The number of nitrogens with one attached hydrogen (secondary N) is 1. The average Bonchev–Trinajstić information content (AvgIpc) is 2.87. The van der Waals surface area contributed by atoms with Gasteiger partial charge in [0.05, 0.1) is 10.6 Å². The van der Waals surface area contributed by atoms with Gasteiger partial charge in [-0.25, -0.2) is 8.42 Å². The van der Waals surface area contributed by atoms with Crippen LogP contribution in [0.1, 0.15) is 31.9 Å². The molecule has 0 aromatic heterocycles. The summed E-state index contributed by atoms with van der Waals surface area (Å²) in [6.45, 7) is 6.36. The zero-order valence-electron chi connectivity index (χ0n) is 21.7. The summed E-state index contributed by atoms with van der Waals surface area (Å²) >= 11 is 12.8. The molecule has 0 saturated carbocycles. The monoisotopic (exact) mass is 575 g/mol. The number of anilines is 1. The Morgan fingerprint density at radius 2 is 1.45 bits per heavy atom. The van der Waals surface area contributed by atoms with Crippen LogP contribution in [0, 0.1) is 6.92 Å². The zero-order valence-corrected chi connectivity index (χ0v) is 24.0. The van der Waals surface area contributed by atoms with Crippen molar-refractivity contribution in [3.05, 3.63) is 94.0 Å². The number of carbonyl (C=O) groups is 2. The van der Waals surface area contributed by atoms with E-state index in [0.717, 1.165) is 4.31 Å². The second kappa shape index (κ2) is 12.7. The fraction of sp³-hybridized carbons (Fsp3) is 0.286. The third-order valence-electron chi connectivity index (χ3n) is 5.98. The molecule has 0 aliphatic heterocycles. The molecule has 2 amide bonds. The maximum absolute atomic E-state index is 13.9. The summed E-state index contributed by atoms with van der Waals surface area (Å²) in [7, 11) is -4.13. The minimum absolute atomic E-state index is 0.0438. The quantitative estimate of drug-likeness (QED) is 0.348. The standard InChI is InChI=1S/C28H31Cl2N3O4S/c1-19(2)31-28(35)21(4)32(17-23-24(29)14-10-15-25(23)30)27(34)18-33(26-16-9-8-11-20(26)3)38(36,37)22-12-6-5-7-13-22/h5-16,19,21H,17-18H2,1-4H3,(H,31,35)/t21-/m0/s1. The molecule has 0 saturated heterocycles. The second-order valence-electron chi connectivity index (χ2n) is 9.17. The molecule has 0 spiro atoms. The number of nitrogens with zero attached hydrogens (tertiary/aromatic N) is 2. The van der Waals surface area contributed by atoms with Crippen LogP contribution >= 0.6 is 23.2 Å². The van der Waals surface area contributed by atoms with Gasteiger partial charge in [-0.3, -0.25) is 13.9 Å². The topological polar surface area (TPSA) is 86.8 Å². The first-order valence-electron chi connectivity index (χ1n) is 12.1. The van der Waals surface area contributed by atoms with E-state index in [0.29, 0.717) is 26.9 Å². The maximum atomic E-state index is 13.9. The Kier molecular flexibility index (Phi) is 9.82. The minimum atomic E-state index is -4.13. The van der Waals surface area contributed by atoms with Crippen LogP contribution < -0.4 is 9.62 Å². The number of amides is 2. The summed E-state index contributed by atoms with van der Waals surface area (Å²) in [4.78, 5) is 28.3. The lowest BCUT2D eigenvalue weighted by Crippen LogP contribution is -2.52. The molecule has 0 heterocycles. The van der Waals surface area contributed by atoms with Gasteiger partial charge < -0.3 is 10.2 Å². The Hall–Kier alpha value is -3.07. The molecule has 1 atom stereocenters. The van der Waals surface area contributed by atoms with E-state index in [9.17, 15) is 18.0 Å². The van der Waals surface area contributed by atoms with E-state index in [1.807, 2.05) is 13.8 Å². The van der Waals surface area contributed by atoms with Gasteiger partial charge in [-0.15, -0.1) is 0 Å². The minimum Gasteiger partial charge on any atom is -0.352 e. The second-order valence-corrected chi connectivity index (χ2v) is 11.8. The highest BCUT2D eigenvalue weighted by Gasteiger charge is 2.33. The van der Waals surface area contributed by atoms with E-state index < -0.39 is 28.5 Å². The number of rotatable bonds is 10. The number of hydrogen-bond donors (Lipinski definition) is 1. The molecule has 3 aromatic carbocycles. The van der Waals surface area contributed by atoms with Gasteiger partial charge in [0.25, 0.3) is 10.0 Å². The highest BCUT2D eigenvalue weighted by molar-refractivity contribution is 7.92. The highest BCUT2D eigenvalue weighted by Crippen LogP contribution is 2.29. The Morgan fingerprint density at radius 3 is 2.03 bits per heavy atom. The SMILES string of the molecule is Cc1ccccc1N(CC(=O)N(Cc1c(Cl)cccc1Cl)[C@@H](C)C(=O)NC(C)C)S(=O)(=O)c1ccccc1. The molecular weight excluding hydrogens is 545 g/mol. The molecule has 0 fully saturated rings. The molecule has 7 nitrogen and oxygen atoms in total. The fourth-order valence-corrected chi connectivity index (χ4v) is 5.93. The first-order valence-corrected chi connectivity index (χ1v) is 14.3. The van der Waals surface area contributed by atoms with Crippen LogP contribution in [-0.4, -0.2) is 43.8 Å². The molecule has 3 aromatic rings. The van der Waals surface area contributed by atoms with Gasteiger partial charge >= 0.3 is 0 Å². The average molecular weight is 577 g/mol. The van der Waals surface area contributed by atoms with E-state index >= 15 is 0 Å². The number of halogens is 2. The van der Waals surface area contributed by atoms with Crippen LogP contribution in [0.25, 0.3) is 0 Å². The van der Waals surface area contributed by atoms with Crippen LogP contribution in [0.4, 0.5) is 5.69 Å². The van der Waals surface area contributed by atoms with Crippen molar-refractivity contribution < 1.29 is 18.0 Å². The number of sulfonamides is 1. The molecule has 0 radical (unpaired) electrons. The van der Waals surface area contributed by atoms with Crippen LogP contribution in [0.5, 0.6) is 0 Å². The van der Waals surface area contributed by atoms with Crippen LogP contribution in [-0.2, 0) is 26.2 Å². The summed E-state index contributed by atoms with van der Waals surface area (Å²) in [5, 5.41) is 3.48. The lowest BCUT2D eigenvalue weighted by atomic mass is 10.1. The molecule has 10 heteroatoms. The Morgan fingerprint density at radius 1 is 0.868 bits per heavy atom. The van der Waals surface area contributed by atoms with E-state index in [1.54, 1.807) is 74.5 Å². The summed E-state index contributed by atoms with van der Waals surface area (Å²) in [6.07, 6.45) is 0. The van der Waals surface area contributed by atoms with Gasteiger partial charge in [0.1, 0.15) is 12.6 Å². The zero-order chi connectivity index (χ0) is 28.0. The van der Waals surface area contributed by atoms with E-state index in [1.165, 1.54) is 17.0 Å². The van der Waals surface area contributed by atoms with Crippen molar-refractivity contribution in [3.63, 3.8) is 0 Å². The molecule has 3 rings (SSSR count). The maximum Gasteiger partial charge on any atom is 0.264 e. The van der Waals surface area contributed by atoms with Gasteiger partial charge in [0.2, 0.25) is 11.8 Å². The van der Waals surface area contributed by atoms with Crippen molar-refractivity contribution in [2.45, 2.75) is 51.2 Å². The van der Waals surface area contributed by atoms with Crippen molar-refractivity contribution in [3.8, 4) is 0 Å². The molecule has 202 valence electrons. The molecule has 0 aliphatic carbocycles. The van der Waals surface area contributed by atoms with Crippen LogP contribution in [0.3, 0.4) is 0 Å².